The molecule has 0 N–H and O–H groups in total. The number of amides is 1. The molecule has 1 saturated heterocycles. The monoisotopic (exact) mass is 472 g/mol. The van der Waals surface area contributed by atoms with E-state index in [1.54, 1.807) is 11.8 Å². The van der Waals surface area contributed by atoms with Gasteiger partial charge in [-0.05, 0) is 82.0 Å². The summed E-state index contributed by atoms with van der Waals surface area (Å²) < 4.78 is 30.3. The lowest BCUT2D eigenvalue weighted by Crippen LogP contribution is -2.46. The molecule has 3 rings (SSSR count). The third kappa shape index (κ3) is 6.50. The Morgan fingerprint density at radius 3 is 2.18 bits per heavy atom. The molecule has 0 aromatic heterocycles. The molecule has 0 saturated carbocycles. The van der Waals surface area contributed by atoms with Gasteiger partial charge >= 0.3 is 0 Å². The van der Waals surface area contributed by atoms with Crippen molar-refractivity contribution in [3.8, 4) is 5.75 Å². The van der Waals surface area contributed by atoms with Gasteiger partial charge in [0.25, 0.3) is 5.91 Å². The molecule has 1 fully saturated rings. The number of nitrogens with zero attached hydrogens (tertiary/aromatic N) is 2. The highest BCUT2D eigenvalue weighted by atomic mass is 32.2. The number of carbonyl (C=O) groups excluding carboxylic acids is 1. The molecular weight excluding hydrogens is 436 g/mol. The van der Waals surface area contributed by atoms with Crippen molar-refractivity contribution >= 4 is 21.4 Å². The average molecular weight is 473 g/mol. The number of rotatable bonds is 9. The maximum absolute atomic E-state index is 13.5. The summed E-state index contributed by atoms with van der Waals surface area (Å²) in [6.45, 7) is 12.2. The minimum absolute atomic E-state index is 0.00649. The maximum atomic E-state index is 13.5. The van der Waals surface area contributed by atoms with Crippen molar-refractivity contribution in [2.45, 2.75) is 59.7 Å². The van der Waals surface area contributed by atoms with Crippen LogP contribution < -0.4 is 9.64 Å². The van der Waals surface area contributed by atoms with Crippen molar-refractivity contribution in [1.82, 2.24) is 4.90 Å². The molecular formula is C26H36N2O4S. The van der Waals surface area contributed by atoms with Gasteiger partial charge in [0, 0.05) is 31.4 Å². The predicted molar refractivity (Wildman–Crippen MR) is 134 cm³/mol. The highest BCUT2D eigenvalue weighted by Crippen LogP contribution is 2.24. The fourth-order valence-electron chi connectivity index (χ4n) is 4.49. The van der Waals surface area contributed by atoms with Gasteiger partial charge in [-0.15, -0.1) is 0 Å². The van der Waals surface area contributed by atoms with Crippen LogP contribution >= 0.6 is 0 Å². The standard InChI is InChI=1S/C26H36N2O4S/c1-6-27(7-2)23-10-8-22(9-11-23)17-28(24-12-13-33(30,31)18-24)26(29)21(5)32-25-15-19(3)14-20(4)16-25/h8-11,14-16,21,24H,6-7,12-13,17-18H2,1-5H3. The van der Waals surface area contributed by atoms with Crippen molar-refractivity contribution < 1.29 is 17.9 Å². The molecule has 1 amide bonds. The number of anilines is 1. The first-order valence-electron chi connectivity index (χ1n) is 11.7. The molecule has 2 aromatic rings. The van der Waals surface area contributed by atoms with Crippen LogP contribution in [-0.4, -0.2) is 56.0 Å². The third-order valence-corrected chi connectivity index (χ3v) is 7.96. The Balaban J connectivity index is 1.81. The molecule has 2 aromatic carbocycles. The lowest BCUT2D eigenvalue weighted by molar-refractivity contribution is -0.140. The zero-order chi connectivity index (χ0) is 24.2. The van der Waals surface area contributed by atoms with Gasteiger partial charge in [-0.1, -0.05) is 18.2 Å². The van der Waals surface area contributed by atoms with Crippen LogP contribution in [0.2, 0.25) is 0 Å². The van der Waals surface area contributed by atoms with E-state index in [1.165, 1.54) is 0 Å². The van der Waals surface area contributed by atoms with E-state index in [4.69, 9.17) is 4.74 Å². The molecule has 180 valence electrons. The number of sulfone groups is 1. The number of aryl methyl sites for hydroxylation is 2. The lowest BCUT2D eigenvalue weighted by atomic mass is 10.1. The number of hydrogen-bond donors (Lipinski definition) is 0. The summed E-state index contributed by atoms with van der Waals surface area (Å²) >= 11 is 0. The Bertz CT molecular complexity index is 1040. The van der Waals surface area contributed by atoms with E-state index in [0.717, 1.165) is 35.5 Å². The van der Waals surface area contributed by atoms with Crippen LogP contribution in [0.15, 0.2) is 42.5 Å². The normalized spacial score (nSPS) is 18.0. The van der Waals surface area contributed by atoms with E-state index in [1.807, 2.05) is 38.1 Å². The van der Waals surface area contributed by atoms with Crippen LogP contribution in [0, 0.1) is 13.8 Å². The summed E-state index contributed by atoms with van der Waals surface area (Å²) in [7, 11) is -3.13. The zero-order valence-electron chi connectivity index (χ0n) is 20.4. The first-order chi connectivity index (χ1) is 15.6. The summed E-state index contributed by atoms with van der Waals surface area (Å²) in [5, 5.41) is 0. The molecule has 2 unspecified atom stereocenters. The van der Waals surface area contributed by atoms with Crippen LogP contribution in [-0.2, 0) is 21.2 Å². The minimum Gasteiger partial charge on any atom is -0.481 e. The van der Waals surface area contributed by atoms with E-state index in [0.29, 0.717) is 18.7 Å². The predicted octanol–water partition coefficient (Wildman–Crippen LogP) is 4.13. The molecule has 6 nitrogen and oxygen atoms in total. The number of benzene rings is 2. The van der Waals surface area contributed by atoms with Crippen LogP contribution in [0.25, 0.3) is 0 Å². The summed E-state index contributed by atoms with van der Waals surface area (Å²) in [6, 6.07) is 13.7. The van der Waals surface area contributed by atoms with Gasteiger partial charge < -0.3 is 14.5 Å². The SMILES string of the molecule is CCN(CC)c1ccc(CN(C(=O)C(C)Oc2cc(C)cc(C)c2)C2CCS(=O)(=O)C2)cc1. The largest absolute Gasteiger partial charge is 0.481 e. The summed E-state index contributed by atoms with van der Waals surface area (Å²) in [5.74, 6) is 0.585. The fraction of sp³-hybridized carbons (Fsp3) is 0.500. The molecule has 0 aliphatic carbocycles. The Morgan fingerprint density at radius 1 is 1.06 bits per heavy atom. The molecule has 1 aliphatic heterocycles. The molecule has 2 atom stereocenters. The molecule has 0 spiro atoms. The molecule has 0 radical (unpaired) electrons. The zero-order valence-corrected chi connectivity index (χ0v) is 21.2. The fourth-order valence-corrected chi connectivity index (χ4v) is 6.23. The highest BCUT2D eigenvalue weighted by molar-refractivity contribution is 7.91. The highest BCUT2D eigenvalue weighted by Gasteiger charge is 2.36. The first-order valence-corrected chi connectivity index (χ1v) is 13.5. The van der Waals surface area contributed by atoms with Crippen molar-refractivity contribution in [1.29, 1.82) is 0 Å². The van der Waals surface area contributed by atoms with Gasteiger partial charge in [0.05, 0.1) is 11.5 Å². The molecule has 1 aliphatic rings. The van der Waals surface area contributed by atoms with Gasteiger partial charge in [-0.3, -0.25) is 4.79 Å². The Kier molecular flexibility index (Phi) is 8.05. The van der Waals surface area contributed by atoms with Crippen molar-refractivity contribution in [3.05, 3.63) is 59.2 Å². The average Bonchev–Trinajstić information content (AvgIpc) is 3.12. The topological polar surface area (TPSA) is 66.9 Å². The Morgan fingerprint density at radius 2 is 1.67 bits per heavy atom. The minimum atomic E-state index is -3.13. The van der Waals surface area contributed by atoms with Crippen molar-refractivity contribution in [2.75, 3.05) is 29.5 Å². The smallest absolute Gasteiger partial charge is 0.263 e. The van der Waals surface area contributed by atoms with E-state index in [-0.39, 0.29) is 23.5 Å². The second kappa shape index (κ2) is 10.6. The van der Waals surface area contributed by atoms with Gasteiger partial charge in [-0.25, -0.2) is 8.42 Å². The second-order valence-corrected chi connectivity index (χ2v) is 11.2. The van der Waals surface area contributed by atoms with E-state index in [9.17, 15) is 13.2 Å². The van der Waals surface area contributed by atoms with Crippen LogP contribution in [0.3, 0.4) is 0 Å². The van der Waals surface area contributed by atoms with Crippen molar-refractivity contribution in [2.24, 2.45) is 0 Å². The van der Waals surface area contributed by atoms with Gasteiger partial charge in [0.15, 0.2) is 15.9 Å². The van der Waals surface area contributed by atoms with Gasteiger partial charge in [-0.2, -0.15) is 0 Å². The molecule has 33 heavy (non-hydrogen) atoms. The maximum Gasteiger partial charge on any atom is 0.263 e. The summed E-state index contributed by atoms with van der Waals surface area (Å²) in [4.78, 5) is 17.4. The van der Waals surface area contributed by atoms with E-state index in [2.05, 4.69) is 36.9 Å². The van der Waals surface area contributed by atoms with Crippen LogP contribution in [0.1, 0.15) is 43.9 Å². The first kappa shape index (κ1) is 25.1. The second-order valence-electron chi connectivity index (χ2n) is 8.95. The van der Waals surface area contributed by atoms with Crippen molar-refractivity contribution in [3.63, 3.8) is 0 Å². The van der Waals surface area contributed by atoms with E-state index >= 15 is 0 Å². The van der Waals surface area contributed by atoms with Crippen LogP contribution in [0.4, 0.5) is 5.69 Å². The Labute approximate surface area is 198 Å². The third-order valence-electron chi connectivity index (χ3n) is 6.21. The molecule has 7 heteroatoms. The molecule has 0 bridgehead atoms. The lowest BCUT2D eigenvalue weighted by Gasteiger charge is -2.31. The van der Waals surface area contributed by atoms with E-state index < -0.39 is 15.9 Å². The number of ether oxygens (including phenoxy) is 1. The van der Waals surface area contributed by atoms with Crippen LogP contribution in [0.5, 0.6) is 5.75 Å². The number of hydrogen-bond acceptors (Lipinski definition) is 5. The summed E-state index contributed by atoms with van der Waals surface area (Å²) in [6.07, 6.45) is -0.258. The summed E-state index contributed by atoms with van der Waals surface area (Å²) in [5.41, 5.74) is 4.24. The van der Waals surface area contributed by atoms with Gasteiger partial charge in [0.2, 0.25) is 0 Å². The number of carbonyl (C=O) groups is 1. The quantitative estimate of drug-likeness (QED) is 0.549. The molecule has 1 heterocycles. The van der Waals surface area contributed by atoms with Gasteiger partial charge in [0.1, 0.15) is 5.75 Å². The Hall–Kier alpha value is -2.54.